The third-order valence-electron chi connectivity index (χ3n) is 3.61. The highest BCUT2D eigenvalue weighted by Crippen LogP contribution is 2.27. The number of carbonyl (C=O) groups excluding carboxylic acids is 1. The molecule has 2 aromatic rings. The molecule has 1 atom stereocenters. The minimum atomic E-state index is -0.537. The van der Waals surface area contributed by atoms with Crippen molar-refractivity contribution in [3.8, 4) is 0 Å². The van der Waals surface area contributed by atoms with Crippen LogP contribution in [-0.2, 0) is 30.0 Å². The van der Waals surface area contributed by atoms with E-state index in [1.165, 1.54) is 18.7 Å². The molecule has 0 bridgehead atoms. The summed E-state index contributed by atoms with van der Waals surface area (Å²) in [4.78, 5) is 45.2. The Kier molecular flexibility index (Phi) is 5.43. The summed E-state index contributed by atoms with van der Waals surface area (Å²) in [5, 5.41) is 0.0854. The number of fused-ring (bicyclic) bond motifs is 1. The molecule has 0 aliphatic carbocycles. The average Bonchev–Trinajstić information content (AvgIpc) is 2.57. The fraction of sp³-hybridized carbons (Fsp3) is 0.533. The molecule has 0 fully saturated rings. The summed E-state index contributed by atoms with van der Waals surface area (Å²) in [6, 6.07) is 0. The van der Waals surface area contributed by atoms with Crippen LogP contribution in [0.5, 0.6) is 0 Å². The first-order valence-corrected chi connectivity index (χ1v) is 8.40. The highest BCUT2D eigenvalue weighted by atomic mass is 32.2. The smallest absolute Gasteiger partial charge is 0.332 e. The van der Waals surface area contributed by atoms with Crippen molar-refractivity contribution in [2.75, 3.05) is 7.11 Å². The molecule has 2 rings (SSSR count). The Morgan fingerprint density at radius 3 is 2.50 bits per heavy atom. The van der Waals surface area contributed by atoms with Gasteiger partial charge in [-0.05, 0) is 13.3 Å². The molecule has 2 heterocycles. The van der Waals surface area contributed by atoms with Crippen LogP contribution in [0.3, 0.4) is 0 Å². The van der Waals surface area contributed by atoms with Crippen molar-refractivity contribution in [2.24, 2.45) is 14.1 Å². The van der Waals surface area contributed by atoms with Gasteiger partial charge in [-0.25, -0.2) is 14.8 Å². The largest absolute Gasteiger partial charge is 0.468 e. The van der Waals surface area contributed by atoms with Gasteiger partial charge in [0, 0.05) is 20.5 Å². The number of methoxy groups -OCH3 is 1. The standard InChI is InChI=1S/C15H20N4O4S/c1-6-7-9-16-11-10(13(20)19(4)15(22)18(11)3)12(17-9)24-8(2)14(21)23-5/h8H,6-7H2,1-5H3/t8-/m0/s1. The van der Waals surface area contributed by atoms with Crippen molar-refractivity contribution in [3.63, 3.8) is 0 Å². The van der Waals surface area contributed by atoms with Crippen molar-refractivity contribution in [1.29, 1.82) is 0 Å². The number of rotatable bonds is 5. The number of esters is 1. The van der Waals surface area contributed by atoms with Gasteiger partial charge in [-0.15, -0.1) is 0 Å². The second kappa shape index (κ2) is 7.16. The van der Waals surface area contributed by atoms with Crippen LogP contribution in [0.25, 0.3) is 11.0 Å². The van der Waals surface area contributed by atoms with Crippen molar-refractivity contribution < 1.29 is 9.53 Å². The van der Waals surface area contributed by atoms with E-state index < -0.39 is 22.5 Å². The number of thioether (sulfide) groups is 1. The lowest BCUT2D eigenvalue weighted by Crippen LogP contribution is -2.38. The van der Waals surface area contributed by atoms with Gasteiger partial charge in [0.05, 0.1) is 7.11 Å². The van der Waals surface area contributed by atoms with Gasteiger partial charge in [0.15, 0.2) is 5.65 Å². The molecule has 2 aromatic heterocycles. The number of carbonyl (C=O) groups is 1. The van der Waals surface area contributed by atoms with Crippen LogP contribution < -0.4 is 11.2 Å². The fourth-order valence-corrected chi connectivity index (χ4v) is 3.26. The van der Waals surface area contributed by atoms with Crippen LogP contribution in [0.2, 0.25) is 0 Å². The van der Waals surface area contributed by atoms with E-state index in [0.29, 0.717) is 17.3 Å². The lowest BCUT2D eigenvalue weighted by atomic mass is 10.3. The van der Waals surface area contributed by atoms with E-state index in [4.69, 9.17) is 4.74 Å². The average molecular weight is 352 g/mol. The Hall–Kier alpha value is -2.16. The van der Waals surface area contributed by atoms with Crippen molar-refractivity contribution in [3.05, 3.63) is 26.7 Å². The first-order valence-electron chi connectivity index (χ1n) is 7.52. The zero-order valence-electron chi connectivity index (χ0n) is 14.3. The Morgan fingerprint density at radius 2 is 1.92 bits per heavy atom. The van der Waals surface area contributed by atoms with E-state index in [1.54, 1.807) is 14.0 Å². The molecule has 130 valence electrons. The maximum absolute atomic E-state index is 12.6. The number of hydrogen-bond acceptors (Lipinski definition) is 7. The van der Waals surface area contributed by atoms with E-state index in [9.17, 15) is 14.4 Å². The SMILES string of the molecule is CCCc1nc(S[C@@H](C)C(=O)OC)c2c(=O)n(C)c(=O)n(C)c2n1. The van der Waals surface area contributed by atoms with Crippen LogP contribution in [0.1, 0.15) is 26.1 Å². The molecule has 0 spiro atoms. The highest BCUT2D eigenvalue weighted by molar-refractivity contribution is 8.00. The maximum Gasteiger partial charge on any atom is 0.332 e. The quantitative estimate of drug-likeness (QED) is 0.442. The van der Waals surface area contributed by atoms with E-state index in [0.717, 1.165) is 22.7 Å². The molecule has 0 saturated heterocycles. The van der Waals surface area contributed by atoms with E-state index >= 15 is 0 Å². The maximum atomic E-state index is 12.6. The Bertz CT molecular complexity index is 903. The molecule has 9 heteroatoms. The van der Waals surface area contributed by atoms with E-state index in [1.807, 2.05) is 6.92 Å². The van der Waals surface area contributed by atoms with E-state index in [-0.39, 0.29) is 11.0 Å². The number of ether oxygens (including phenoxy) is 1. The molecule has 0 aromatic carbocycles. The van der Waals surface area contributed by atoms with Crippen molar-refractivity contribution in [1.82, 2.24) is 19.1 Å². The van der Waals surface area contributed by atoms with Crippen LogP contribution in [-0.4, -0.2) is 37.4 Å². The minimum Gasteiger partial charge on any atom is -0.468 e. The summed E-state index contributed by atoms with van der Waals surface area (Å²) < 4.78 is 7.06. The molecule has 0 amide bonds. The molecule has 0 unspecified atom stereocenters. The Morgan fingerprint density at radius 1 is 1.25 bits per heavy atom. The lowest BCUT2D eigenvalue weighted by molar-refractivity contribution is -0.139. The number of hydrogen-bond donors (Lipinski definition) is 0. The highest BCUT2D eigenvalue weighted by Gasteiger charge is 2.22. The van der Waals surface area contributed by atoms with Gasteiger partial charge in [0.1, 0.15) is 21.5 Å². The molecule has 0 saturated carbocycles. The molecule has 0 radical (unpaired) electrons. The monoisotopic (exact) mass is 352 g/mol. The molecule has 8 nitrogen and oxygen atoms in total. The zero-order valence-corrected chi connectivity index (χ0v) is 15.1. The second-order valence-corrected chi connectivity index (χ2v) is 6.71. The zero-order chi connectivity index (χ0) is 18.0. The minimum absolute atomic E-state index is 0.236. The fourth-order valence-electron chi connectivity index (χ4n) is 2.27. The van der Waals surface area contributed by atoms with Crippen LogP contribution in [0.15, 0.2) is 14.6 Å². The van der Waals surface area contributed by atoms with Gasteiger partial charge in [0.2, 0.25) is 0 Å². The molecule has 0 aliphatic heterocycles. The van der Waals surface area contributed by atoms with Gasteiger partial charge in [-0.3, -0.25) is 18.7 Å². The first kappa shape index (κ1) is 18.2. The molecule has 0 N–H and O–H groups in total. The number of aryl methyl sites for hydroxylation is 2. The second-order valence-electron chi connectivity index (χ2n) is 5.38. The summed E-state index contributed by atoms with van der Waals surface area (Å²) >= 11 is 1.13. The van der Waals surface area contributed by atoms with Crippen LogP contribution in [0.4, 0.5) is 0 Å². The Balaban J connectivity index is 2.78. The summed E-state index contributed by atoms with van der Waals surface area (Å²) in [6.07, 6.45) is 1.43. The van der Waals surface area contributed by atoms with E-state index in [2.05, 4.69) is 9.97 Å². The summed E-state index contributed by atoms with van der Waals surface area (Å²) in [5.74, 6) is 0.123. The lowest BCUT2D eigenvalue weighted by Gasteiger charge is -2.13. The molecule has 0 aliphatic rings. The van der Waals surface area contributed by atoms with Gasteiger partial charge in [0.25, 0.3) is 5.56 Å². The van der Waals surface area contributed by atoms with Crippen molar-refractivity contribution in [2.45, 2.75) is 37.0 Å². The normalized spacial score (nSPS) is 12.4. The summed E-state index contributed by atoms with van der Waals surface area (Å²) in [5.41, 5.74) is -0.651. The first-order chi connectivity index (χ1) is 11.3. The molecular weight excluding hydrogens is 332 g/mol. The third kappa shape index (κ3) is 3.21. The predicted octanol–water partition coefficient (Wildman–Crippen LogP) is 0.633. The van der Waals surface area contributed by atoms with Gasteiger partial charge in [-0.2, -0.15) is 0 Å². The Labute approximate surface area is 142 Å². The van der Waals surface area contributed by atoms with Crippen LogP contribution >= 0.6 is 11.8 Å². The molecule has 24 heavy (non-hydrogen) atoms. The van der Waals surface area contributed by atoms with Gasteiger partial charge >= 0.3 is 11.7 Å². The molecular formula is C15H20N4O4S. The summed E-state index contributed by atoms with van der Waals surface area (Å²) in [7, 11) is 4.27. The van der Waals surface area contributed by atoms with Gasteiger partial charge < -0.3 is 4.74 Å². The topological polar surface area (TPSA) is 96.1 Å². The number of aromatic nitrogens is 4. The van der Waals surface area contributed by atoms with Gasteiger partial charge in [-0.1, -0.05) is 18.7 Å². The number of nitrogens with zero attached hydrogens (tertiary/aromatic N) is 4. The predicted molar refractivity (Wildman–Crippen MR) is 91.4 cm³/mol. The third-order valence-corrected chi connectivity index (χ3v) is 4.67. The summed E-state index contributed by atoms with van der Waals surface area (Å²) in [6.45, 7) is 3.66. The van der Waals surface area contributed by atoms with Crippen molar-refractivity contribution >= 4 is 28.8 Å². The van der Waals surface area contributed by atoms with Crippen LogP contribution in [0, 0.1) is 0 Å².